The monoisotopic (exact) mass is 636 g/mol. The molecule has 0 aliphatic heterocycles. The Kier molecular flexibility index (Phi) is 12.3. The van der Waals surface area contributed by atoms with Crippen molar-refractivity contribution >= 4 is 16.7 Å². The van der Waals surface area contributed by atoms with E-state index in [0.717, 1.165) is 60.7 Å². The number of nitrogens with zero attached hydrogens (tertiary/aromatic N) is 1. The lowest BCUT2D eigenvalue weighted by Crippen LogP contribution is -2.30. The Morgan fingerprint density at radius 1 is 0.979 bits per heavy atom. The molecular formula is C39H48N4O4. The van der Waals surface area contributed by atoms with Gasteiger partial charge in [0.1, 0.15) is 5.78 Å². The van der Waals surface area contributed by atoms with Gasteiger partial charge in [-0.15, -0.1) is 0 Å². The Morgan fingerprint density at radius 3 is 2.64 bits per heavy atom. The summed E-state index contributed by atoms with van der Waals surface area (Å²) in [6.07, 6.45) is 11.8. The van der Waals surface area contributed by atoms with Gasteiger partial charge in [-0.3, -0.25) is 10.1 Å². The van der Waals surface area contributed by atoms with Gasteiger partial charge in [-0.05, 0) is 65.6 Å². The predicted octanol–water partition coefficient (Wildman–Crippen LogP) is 6.92. The molecule has 0 aliphatic rings. The van der Waals surface area contributed by atoms with Gasteiger partial charge in [0.15, 0.2) is 18.2 Å². The second kappa shape index (κ2) is 17.0. The van der Waals surface area contributed by atoms with Crippen LogP contribution in [0.5, 0.6) is 11.5 Å². The molecule has 2 heterocycles. The van der Waals surface area contributed by atoms with Crippen LogP contribution in [0.3, 0.4) is 0 Å². The average molecular weight is 637 g/mol. The van der Waals surface area contributed by atoms with E-state index in [0.29, 0.717) is 25.0 Å². The van der Waals surface area contributed by atoms with E-state index in [4.69, 9.17) is 10.5 Å². The molecule has 0 amide bonds. The summed E-state index contributed by atoms with van der Waals surface area (Å²) in [4.78, 5) is 15.8. The number of aliphatic hydroxyl groups is 1. The summed E-state index contributed by atoms with van der Waals surface area (Å²) in [6, 6.07) is 24.0. The normalized spacial score (nSPS) is 12.7. The number of ketones is 1. The molecule has 248 valence electrons. The highest BCUT2D eigenvalue weighted by molar-refractivity contribution is 5.83. The van der Waals surface area contributed by atoms with Crippen LogP contribution < -0.4 is 15.8 Å². The first-order valence-corrected chi connectivity index (χ1v) is 16.8. The summed E-state index contributed by atoms with van der Waals surface area (Å²) in [5.74, 6) is 0.475. The minimum Gasteiger partial charge on any atom is -0.504 e. The standard InChI is InChI=1S/C39H48N4O4/c1-2-3-5-13-33(44)23-34(45)16-14-29-15-17-37(46)38(22-29)47-27-43-25-35-32(24-42-36(35)26-43)21-30-11-8-12-31(20-30)39(40)41-19-18-28-9-6-4-7-10-28/h4,6-12,15,17,20,22,24-26,33,39,41-42,44,46H,2-3,5,13-14,16,18-19,21,23,27,40H2,1H3. The lowest BCUT2D eigenvalue weighted by atomic mass is 10.0. The van der Waals surface area contributed by atoms with E-state index in [2.05, 4.69) is 65.8 Å². The van der Waals surface area contributed by atoms with Gasteiger partial charge in [-0.25, -0.2) is 0 Å². The number of unbranched alkanes of at least 4 members (excludes halogenated alkanes) is 2. The SMILES string of the molecule is CCCCCC(O)CC(=O)CCc1ccc(O)c(OCn2cc3[nH]cc(Cc4cccc(C(N)NCCc5ccccc5)c4)c3c2)c1. The summed E-state index contributed by atoms with van der Waals surface area (Å²) in [5, 5.41) is 25.1. The lowest BCUT2D eigenvalue weighted by molar-refractivity contribution is -0.121. The maximum Gasteiger partial charge on any atom is 0.165 e. The predicted molar refractivity (Wildman–Crippen MR) is 187 cm³/mol. The van der Waals surface area contributed by atoms with E-state index >= 15 is 0 Å². The van der Waals surface area contributed by atoms with Gasteiger partial charge in [0.25, 0.3) is 0 Å². The molecule has 2 aromatic heterocycles. The molecule has 0 aliphatic carbocycles. The summed E-state index contributed by atoms with van der Waals surface area (Å²) in [7, 11) is 0. The van der Waals surface area contributed by atoms with E-state index in [-0.39, 0.29) is 30.9 Å². The van der Waals surface area contributed by atoms with Gasteiger partial charge in [-0.2, -0.15) is 0 Å². The van der Waals surface area contributed by atoms with Gasteiger partial charge in [0.05, 0.1) is 17.8 Å². The number of hydrogen-bond donors (Lipinski definition) is 5. The Labute approximate surface area is 277 Å². The molecule has 8 heteroatoms. The average Bonchev–Trinajstić information content (AvgIpc) is 3.65. The van der Waals surface area contributed by atoms with Crippen molar-refractivity contribution in [1.82, 2.24) is 14.9 Å². The van der Waals surface area contributed by atoms with E-state index in [9.17, 15) is 15.0 Å². The number of Topliss-reactive ketones (excluding diaryl/α,β-unsaturated/α-hetero) is 1. The summed E-state index contributed by atoms with van der Waals surface area (Å²) < 4.78 is 7.95. The van der Waals surface area contributed by atoms with E-state index < -0.39 is 6.10 Å². The summed E-state index contributed by atoms with van der Waals surface area (Å²) in [6.45, 7) is 3.14. The number of aryl methyl sites for hydroxylation is 1. The minimum absolute atomic E-state index is 0.0489. The molecule has 47 heavy (non-hydrogen) atoms. The maximum absolute atomic E-state index is 12.4. The van der Waals surface area contributed by atoms with Crippen LogP contribution in [0.4, 0.5) is 0 Å². The Hall–Kier alpha value is -4.37. The molecule has 0 fully saturated rings. The van der Waals surface area contributed by atoms with Gasteiger partial charge < -0.3 is 30.2 Å². The fraction of sp³-hybridized carbons (Fsp3) is 0.359. The topological polar surface area (TPSA) is 126 Å². The molecule has 0 saturated heterocycles. The van der Waals surface area contributed by atoms with Crippen molar-refractivity contribution in [2.24, 2.45) is 5.73 Å². The highest BCUT2D eigenvalue weighted by Gasteiger charge is 2.13. The molecule has 5 aromatic rings. The third-order valence-electron chi connectivity index (χ3n) is 8.64. The number of carbonyl (C=O) groups excluding carboxylic acids is 1. The molecule has 0 spiro atoms. The van der Waals surface area contributed by atoms with E-state index in [1.165, 1.54) is 16.7 Å². The lowest BCUT2D eigenvalue weighted by Gasteiger charge is -2.15. The molecule has 0 radical (unpaired) electrons. The second-order valence-electron chi connectivity index (χ2n) is 12.5. The van der Waals surface area contributed by atoms with Gasteiger partial charge >= 0.3 is 0 Å². The van der Waals surface area contributed by atoms with Crippen molar-refractivity contribution in [3.63, 3.8) is 0 Å². The van der Waals surface area contributed by atoms with Crippen molar-refractivity contribution in [3.8, 4) is 11.5 Å². The molecule has 2 unspecified atom stereocenters. The molecule has 3 aromatic carbocycles. The number of rotatable bonds is 19. The molecule has 0 saturated carbocycles. The quantitative estimate of drug-likeness (QED) is 0.0495. The number of carbonyl (C=O) groups is 1. The van der Waals surface area contributed by atoms with Crippen LogP contribution in [-0.4, -0.2) is 38.2 Å². The number of fused-ring (bicyclic) bond motifs is 1. The minimum atomic E-state index is -0.568. The third-order valence-corrected chi connectivity index (χ3v) is 8.64. The van der Waals surface area contributed by atoms with Crippen molar-refractivity contribution in [2.75, 3.05) is 6.54 Å². The zero-order valence-corrected chi connectivity index (χ0v) is 27.3. The van der Waals surface area contributed by atoms with Crippen LogP contribution in [0.15, 0.2) is 91.4 Å². The molecule has 2 atom stereocenters. The Bertz CT molecular complexity index is 1710. The van der Waals surface area contributed by atoms with Crippen LogP contribution in [0.1, 0.15) is 79.4 Å². The fourth-order valence-electron chi connectivity index (χ4n) is 5.95. The fourth-order valence-corrected chi connectivity index (χ4v) is 5.95. The third kappa shape index (κ3) is 10.1. The Morgan fingerprint density at radius 2 is 1.81 bits per heavy atom. The molecular weight excluding hydrogens is 588 g/mol. The largest absolute Gasteiger partial charge is 0.504 e. The molecule has 6 N–H and O–H groups in total. The maximum atomic E-state index is 12.4. The number of H-pyrrole nitrogens is 1. The number of hydrogen-bond acceptors (Lipinski definition) is 6. The van der Waals surface area contributed by atoms with Crippen molar-refractivity contribution in [2.45, 2.75) is 83.7 Å². The van der Waals surface area contributed by atoms with Crippen LogP contribution in [0, 0.1) is 0 Å². The highest BCUT2D eigenvalue weighted by Crippen LogP contribution is 2.29. The summed E-state index contributed by atoms with van der Waals surface area (Å²) in [5.41, 5.74) is 13.1. The van der Waals surface area contributed by atoms with Gasteiger partial charge in [0.2, 0.25) is 0 Å². The molecule has 5 rings (SSSR count). The van der Waals surface area contributed by atoms with Gasteiger partial charge in [-0.1, -0.05) is 86.8 Å². The van der Waals surface area contributed by atoms with Gasteiger partial charge in [0, 0.05) is 43.4 Å². The van der Waals surface area contributed by atoms with Crippen molar-refractivity contribution in [3.05, 3.63) is 119 Å². The first-order chi connectivity index (χ1) is 22.9. The smallest absolute Gasteiger partial charge is 0.165 e. The Balaban J connectivity index is 1.13. The zero-order chi connectivity index (χ0) is 33.0. The van der Waals surface area contributed by atoms with Crippen molar-refractivity contribution < 1.29 is 19.7 Å². The first-order valence-electron chi connectivity index (χ1n) is 16.8. The number of aliphatic hydroxyl groups excluding tert-OH is 1. The number of phenolic OH excluding ortho intramolecular Hbond substituents is 1. The van der Waals surface area contributed by atoms with Crippen LogP contribution in [0.2, 0.25) is 0 Å². The van der Waals surface area contributed by atoms with E-state index in [1.54, 1.807) is 18.2 Å². The number of nitrogens with two attached hydrogens (primary N) is 1. The number of nitrogens with one attached hydrogen (secondary N) is 2. The molecule has 8 nitrogen and oxygen atoms in total. The van der Waals surface area contributed by atoms with Crippen LogP contribution >= 0.6 is 0 Å². The number of ether oxygens (including phenoxy) is 1. The summed E-state index contributed by atoms with van der Waals surface area (Å²) >= 11 is 0. The van der Waals surface area contributed by atoms with Crippen molar-refractivity contribution in [1.29, 1.82) is 0 Å². The number of phenols is 1. The first kappa shape index (κ1) is 34.0. The number of aromatic amines is 1. The number of aromatic nitrogens is 2. The zero-order valence-electron chi connectivity index (χ0n) is 27.3. The van der Waals surface area contributed by atoms with Crippen LogP contribution in [-0.2, 0) is 30.8 Å². The van der Waals surface area contributed by atoms with Crippen LogP contribution in [0.25, 0.3) is 10.9 Å². The number of benzene rings is 3. The van der Waals surface area contributed by atoms with E-state index in [1.807, 2.05) is 29.2 Å². The molecule has 0 bridgehead atoms. The second-order valence-corrected chi connectivity index (χ2v) is 12.5. The highest BCUT2D eigenvalue weighted by atomic mass is 16.5. The number of aromatic hydroxyl groups is 1.